The van der Waals surface area contributed by atoms with Crippen molar-refractivity contribution < 1.29 is 0 Å². The van der Waals surface area contributed by atoms with Crippen LogP contribution >= 0.6 is 0 Å². The fourth-order valence-corrected chi connectivity index (χ4v) is 7.89. The molecule has 52 heavy (non-hydrogen) atoms. The standard InChI is InChI=1S/C50H32N2/c1-3-11-33(12-4-1)43-31-45(35-17-21-37(22-18-35)47-15-7-9-29-51-47)41-28-26-40-44(34-13-5-2-6-14-34)32-46(42-27-25-39(43)49(41)50(40)42)36-19-23-38(24-20-36)48-16-8-10-30-52-48/h1-32H. The number of nitrogens with zero attached hydrogens (tertiary/aromatic N) is 2. The number of aromatic nitrogens is 2. The third-order valence-electron chi connectivity index (χ3n) is 10.4. The van der Waals surface area contributed by atoms with E-state index in [1.54, 1.807) is 0 Å². The smallest absolute Gasteiger partial charge is 0.0701 e. The van der Waals surface area contributed by atoms with Gasteiger partial charge in [-0.05, 0) is 113 Å². The number of rotatable bonds is 6. The van der Waals surface area contributed by atoms with Crippen LogP contribution in [0.3, 0.4) is 0 Å². The van der Waals surface area contributed by atoms with Gasteiger partial charge in [0.15, 0.2) is 0 Å². The van der Waals surface area contributed by atoms with E-state index in [1.165, 1.54) is 76.8 Å². The lowest BCUT2D eigenvalue weighted by atomic mass is 9.82. The van der Waals surface area contributed by atoms with Gasteiger partial charge < -0.3 is 0 Å². The Morgan fingerprint density at radius 2 is 0.558 bits per heavy atom. The summed E-state index contributed by atoms with van der Waals surface area (Å²) in [6, 6.07) is 65.6. The van der Waals surface area contributed by atoms with Crippen molar-refractivity contribution in [2.75, 3.05) is 0 Å². The van der Waals surface area contributed by atoms with Crippen molar-refractivity contribution in [2.24, 2.45) is 0 Å². The zero-order valence-electron chi connectivity index (χ0n) is 28.4. The van der Waals surface area contributed by atoms with E-state index in [4.69, 9.17) is 0 Å². The summed E-state index contributed by atoms with van der Waals surface area (Å²) in [5, 5.41) is 7.61. The molecule has 0 atom stereocenters. The molecule has 2 heteroatoms. The Morgan fingerprint density at radius 1 is 0.250 bits per heavy atom. The number of hydrogen-bond donors (Lipinski definition) is 0. The minimum atomic E-state index is 0.975. The van der Waals surface area contributed by atoms with Crippen LogP contribution in [0, 0.1) is 0 Å². The normalized spacial score (nSPS) is 11.5. The zero-order valence-corrected chi connectivity index (χ0v) is 28.4. The van der Waals surface area contributed by atoms with Crippen LogP contribution in [0.1, 0.15) is 0 Å². The van der Waals surface area contributed by atoms with E-state index >= 15 is 0 Å². The highest BCUT2D eigenvalue weighted by Gasteiger charge is 2.21. The Balaban J connectivity index is 1.27. The van der Waals surface area contributed by atoms with Gasteiger partial charge in [0.2, 0.25) is 0 Å². The van der Waals surface area contributed by atoms with Gasteiger partial charge in [0.1, 0.15) is 0 Å². The van der Waals surface area contributed by atoms with Crippen molar-refractivity contribution in [3.8, 4) is 67.0 Å². The summed E-state index contributed by atoms with van der Waals surface area (Å²) in [6.45, 7) is 0. The van der Waals surface area contributed by atoms with Crippen molar-refractivity contribution >= 4 is 32.3 Å². The summed E-state index contributed by atoms with van der Waals surface area (Å²) in [7, 11) is 0. The van der Waals surface area contributed by atoms with Crippen LogP contribution in [-0.2, 0) is 0 Å². The maximum Gasteiger partial charge on any atom is 0.0701 e. The molecule has 0 fully saturated rings. The van der Waals surface area contributed by atoms with Gasteiger partial charge in [-0.1, -0.05) is 146 Å². The highest BCUT2D eigenvalue weighted by atomic mass is 14.7. The van der Waals surface area contributed by atoms with E-state index in [1.807, 2.05) is 36.7 Å². The van der Waals surface area contributed by atoms with E-state index in [9.17, 15) is 0 Å². The maximum atomic E-state index is 4.59. The second-order valence-corrected chi connectivity index (χ2v) is 13.3. The van der Waals surface area contributed by atoms with Crippen molar-refractivity contribution in [1.29, 1.82) is 0 Å². The number of hydrogen-bond acceptors (Lipinski definition) is 2. The molecule has 0 bridgehead atoms. The molecule has 0 spiro atoms. The average molecular weight is 661 g/mol. The summed E-state index contributed by atoms with van der Waals surface area (Å²) in [6.07, 6.45) is 3.70. The van der Waals surface area contributed by atoms with Crippen LogP contribution in [0.25, 0.3) is 99.3 Å². The van der Waals surface area contributed by atoms with Gasteiger partial charge >= 0.3 is 0 Å². The molecule has 0 radical (unpaired) electrons. The SMILES string of the molecule is c1ccc(-c2cc(-c3ccc(-c4ccccn4)cc3)c3ccc4c(-c5ccccc5)cc(-c5ccc(-c6ccccn6)cc5)c5ccc2c3c45)cc1. The molecule has 10 rings (SSSR count). The fraction of sp³-hybridized carbons (Fsp3) is 0. The average Bonchev–Trinajstić information content (AvgIpc) is 3.24. The first-order chi connectivity index (χ1) is 25.8. The zero-order chi connectivity index (χ0) is 34.4. The molecule has 0 saturated heterocycles. The van der Waals surface area contributed by atoms with Crippen molar-refractivity contribution in [1.82, 2.24) is 9.97 Å². The van der Waals surface area contributed by atoms with Crippen LogP contribution in [0.4, 0.5) is 0 Å². The van der Waals surface area contributed by atoms with E-state index in [0.29, 0.717) is 0 Å². The maximum absolute atomic E-state index is 4.59. The third-order valence-corrected chi connectivity index (χ3v) is 10.4. The molecule has 8 aromatic carbocycles. The molecular formula is C50H32N2. The molecule has 0 unspecified atom stereocenters. The van der Waals surface area contributed by atoms with Crippen molar-refractivity contribution in [3.63, 3.8) is 0 Å². The predicted octanol–water partition coefficient (Wildman–Crippen LogP) is 13.4. The number of benzene rings is 8. The van der Waals surface area contributed by atoms with Crippen molar-refractivity contribution in [2.45, 2.75) is 0 Å². The molecule has 0 aliphatic carbocycles. The van der Waals surface area contributed by atoms with Crippen LogP contribution in [0.2, 0.25) is 0 Å². The molecular weight excluding hydrogens is 629 g/mol. The van der Waals surface area contributed by atoms with Gasteiger partial charge in [0, 0.05) is 23.5 Å². The lowest BCUT2D eigenvalue weighted by molar-refractivity contribution is 1.33. The summed E-state index contributed by atoms with van der Waals surface area (Å²) >= 11 is 0. The first-order valence-corrected chi connectivity index (χ1v) is 17.7. The second-order valence-electron chi connectivity index (χ2n) is 13.3. The second kappa shape index (κ2) is 12.5. The lowest BCUT2D eigenvalue weighted by Gasteiger charge is -2.21. The molecule has 0 amide bonds. The lowest BCUT2D eigenvalue weighted by Crippen LogP contribution is -1.94. The summed E-state index contributed by atoms with van der Waals surface area (Å²) in [5.74, 6) is 0. The molecule has 242 valence electrons. The highest BCUT2D eigenvalue weighted by molar-refractivity contribution is 6.32. The topological polar surface area (TPSA) is 25.8 Å². The molecule has 0 aliphatic rings. The minimum absolute atomic E-state index is 0.975. The minimum Gasteiger partial charge on any atom is -0.256 e. The largest absolute Gasteiger partial charge is 0.256 e. The van der Waals surface area contributed by atoms with E-state index in [-0.39, 0.29) is 0 Å². The third kappa shape index (κ3) is 5.04. The molecule has 2 aromatic heterocycles. The number of pyridine rings is 2. The Hall–Kier alpha value is -6.90. The van der Waals surface area contributed by atoms with Gasteiger partial charge in [0.05, 0.1) is 11.4 Å². The first-order valence-electron chi connectivity index (χ1n) is 17.7. The highest BCUT2D eigenvalue weighted by Crippen LogP contribution is 2.48. The molecule has 0 N–H and O–H groups in total. The van der Waals surface area contributed by atoms with Gasteiger partial charge in [-0.2, -0.15) is 0 Å². The fourth-order valence-electron chi connectivity index (χ4n) is 7.89. The first kappa shape index (κ1) is 30.0. The van der Waals surface area contributed by atoms with Gasteiger partial charge in [-0.3, -0.25) is 9.97 Å². The molecule has 2 heterocycles. The summed E-state index contributed by atoms with van der Waals surface area (Å²) in [4.78, 5) is 9.19. The van der Waals surface area contributed by atoms with E-state index in [0.717, 1.165) is 22.5 Å². The van der Waals surface area contributed by atoms with Crippen LogP contribution in [0.5, 0.6) is 0 Å². The van der Waals surface area contributed by atoms with Crippen LogP contribution in [0.15, 0.2) is 194 Å². The Morgan fingerprint density at radius 3 is 0.885 bits per heavy atom. The monoisotopic (exact) mass is 660 g/mol. The predicted molar refractivity (Wildman–Crippen MR) is 218 cm³/mol. The molecule has 0 aliphatic heterocycles. The molecule has 0 saturated carbocycles. The van der Waals surface area contributed by atoms with E-state index < -0.39 is 0 Å². The quantitative estimate of drug-likeness (QED) is 0.166. The summed E-state index contributed by atoms with van der Waals surface area (Å²) < 4.78 is 0. The Kier molecular flexibility index (Phi) is 7.18. The van der Waals surface area contributed by atoms with Crippen molar-refractivity contribution in [3.05, 3.63) is 194 Å². The van der Waals surface area contributed by atoms with E-state index in [2.05, 4.69) is 168 Å². The van der Waals surface area contributed by atoms with Gasteiger partial charge in [-0.15, -0.1) is 0 Å². The Bertz CT molecular complexity index is 2630. The summed E-state index contributed by atoms with van der Waals surface area (Å²) in [5.41, 5.74) is 13.9. The van der Waals surface area contributed by atoms with Gasteiger partial charge in [-0.25, -0.2) is 0 Å². The molecule has 2 nitrogen and oxygen atoms in total. The van der Waals surface area contributed by atoms with Crippen LogP contribution < -0.4 is 0 Å². The van der Waals surface area contributed by atoms with Gasteiger partial charge in [0.25, 0.3) is 0 Å². The Labute approximate surface area is 302 Å². The molecule has 10 aromatic rings. The van der Waals surface area contributed by atoms with Crippen LogP contribution in [-0.4, -0.2) is 9.97 Å².